The summed E-state index contributed by atoms with van der Waals surface area (Å²) in [7, 11) is 1.75. The molecule has 5 nitrogen and oxygen atoms in total. The molecule has 1 aromatic carbocycles. The molecule has 1 N–H and O–H groups in total. The highest BCUT2D eigenvalue weighted by atomic mass is 19.1. The van der Waals surface area contributed by atoms with Crippen LogP contribution in [0.25, 0.3) is 16.8 Å². The Balaban J connectivity index is 2.22. The Hall–Kier alpha value is -2.47. The molecule has 2 heterocycles. The number of carbonyl (C=O) groups is 1. The van der Waals surface area contributed by atoms with Gasteiger partial charge in [-0.05, 0) is 57.9 Å². The molecule has 0 aliphatic carbocycles. The van der Waals surface area contributed by atoms with Crippen molar-refractivity contribution in [3.05, 3.63) is 46.8 Å². The first kappa shape index (κ1) is 19.3. The molecule has 1 aliphatic heterocycles. The van der Waals surface area contributed by atoms with E-state index >= 15 is 0 Å². The molecule has 0 saturated heterocycles. The van der Waals surface area contributed by atoms with Crippen molar-refractivity contribution in [2.24, 2.45) is 7.05 Å². The lowest BCUT2D eigenvalue weighted by atomic mass is 9.81. The average Bonchev–Trinajstić information content (AvgIpc) is 2.95. The molecule has 0 spiro atoms. The van der Waals surface area contributed by atoms with E-state index < -0.39 is 17.9 Å². The molecule has 0 amide bonds. The maximum absolute atomic E-state index is 13.1. The molecule has 6 heteroatoms. The standard InChI is InChI=1S/C21H25FN2O3/c1-12-7-8-13(16-10-14(11-22)23-24(16)6)9-15(12)17-18(25)20(2,3)27-21(4,5)19(17)26/h7-10,25H,11H2,1-6H3. The third-order valence-electron chi connectivity index (χ3n) is 4.96. The van der Waals surface area contributed by atoms with E-state index in [1.807, 2.05) is 25.1 Å². The first-order chi connectivity index (χ1) is 12.5. The van der Waals surface area contributed by atoms with E-state index in [0.29, 0.717) is 11.3 Å². The van der Waals surface area contributed by atoms with Gasteiger partial charge in [0.1, 0.15) is 23.6 Å². The lowest BCUT2D eigenvalue weighted by molar-refractivity contribution is -0.158. The number of benzene rings is 1. The van der Waals surface area contributed by atoms with Gasteiger partial charge >= 0.3 is 0 Å². The number of Topliss-reactive ketones (excluding diaryl/α,β-unsaturated/α-hetero) is 1. The van der Waals surface area contributed by atoms with Crippen molar-refractivity contribution < 1.29 is 19.0 Å². The second-order valence-corrected chi connectivity index (χ2v) is 7.98. The normalized spacial score (nSPS) is 18.9. The maximum atomic E-state index is 13.1. The lowest BCUT2D eigenvalue weighted by Gasteiger charge is -2.40. The predicted molar refractivity (Wildman–Crippen MR) is 102 cm³/mol. The SMILES string of the molecule is Cc1ccc(-c2cc(CF)nn2C)cc1C1=C(O)C(C)(C)OC(C)(C)C1=O. The number of carbonyl (C=O) groups excluding carboxylic acids is 1. The van der Waals surface area contributed by atoms with Gasteiger partial charge in [-0.1, -0.05) is 12.1 Å². The van der Waals surface area contributed by atoms with Crippen LogP contribution in [0.3, 0.4) is 0 Å². The molecular formula is C21H25FN2O3. The molecule has 3 rings (SSSR count). The number of aliphatic hydroxyl groups excluding tert-OH is 1. The zero-order valence-corrected chi connectivity index (χ0v) is 16.6. The van der Waals surface area contributed by atoms with Crippen LogP contribution in [-0.4, -0.2) is 31.9 Å². The topological polar surface area (TPSA) is 64.3 Å². The van der Waals surface area contributed by atoms with Crippen molar-refractivity contribution in [1.82, 2.24) is 9.78 Å². The number of aromatic nitrogens is 2. The van der Waals surface area contributed by atoms with E-state index in [2.05, 4.69) is 5.10 Å². The molecule has 1 aromatic heterocycles. The molecule has 27 heavy (non-hydrogen) atoms. The van der Waals surface area contributed by atoms with E-state index in [9.17, 15) is 14.3 Å². The highest BCUT2D eigenvalue weighted by Gasteiger charge is 2.47. The Kier molecular flexibility index (Phi) is 4.50. The van der Waals surface area contributed by atoms with Gasteiger partial charge in [-0.3, -0.25) is 9.48 Å². The Labute approximate surface area is 158 Å². The summed E-state index contributed by atoms with van der Waals surface area (Å²) in [6.45, 7) is 8.14. The van der Waals surface area contributed by atoms with Gasteiger partial charge in [0.25, 0.3) is 0 Å². The predicted octanol–water partition coefficient (Wildman–Crippen LogP) is 4.29. The van der Waals surface area contributed by atoms with Gasteiger partial charge in [-0.2, -0.15) is 5.10 Å². The third kappa shape index (κ3) is 3.18. The number of rotatable bonds is 3. The minimum Gasteiger partial charge on any atom is -0.508 e. The van der Waals surface area contributed by atoms with E-state index in [1.54, 1.807) is 45.5 Å². The zero-order valence-electron chi connectivity index (χ0n) is 16.6. The molecule has 0 radical (unpaired) electrons. The Morgan fingerprint density at radius 1 is 1.19 bits per heavy atom. The molecule has 0 bridgehead atoms. The summed E-state index contributed by atoms with van der Waals surface area (Å²) >= 11 is 0. The maximum Gasteiger partial charge on any atom is 0.198 e. The van der Waals surface area contributed by atoms with E-state index in [4.69, 9.17) is 4.74 Å². The monoisotopic (exact) mass is 372 g/mol. The van der Waals surface area contributed by atoms with Crippen molar-refractivity contribution in [3.8, 4) is 11.3 Å². The van der Waals surface area contributed by atoms with Gasteiger partial charge in [-0.25, -0.2) is 4.39 Å². The fourth-order valence-electron chi connectivity index (χ4n) is 3.60. The van der Waals surface area contributed by atoms with Crippen LogP contribution < -0.4 is 0 Å². The van der Waals surface area contributed by atoms with Crippen molar-refractivity contribution in [3.63, 3.8) is 0 Å². The van der Waals surface area contributed by atoms with Gasteiger partial charge < -0.3 is 9.84 Å². The Bertz CT molecular complexity index is 954. The van der Waals surface area contributed by atoms with Gasteiger partial charge in [0.05, 0.1) is 17.0 Å². The van der Waals surface area contributed by atoms with Crippen LogP contribution >= 0.6 is 0 Å². The second-order valence-electron chi connectivity index (χ2n) is 7.98. The molecule has 0 unspecified atom stereocenters. The van der Waals surface area contributed by atoms with E-state index in [-0.39, 0.29) is 17.1 Å². The van der Waals surface area contributed by atoms with Crippen molar-refractivity contribution in [2.75, 3.05) is 0 Å². The molecule has 2 aromatic rings. The molecule has 0 fully saturated rings. The van der Waals surface area contributed by atoms with Gasteiger partial charge in [0.15, 0.2) is 5.78 Å². The van der Waals surface area contributed by atoms with Gasteiger partial charge in [0, 0.05) is 12.6 Å². The quantitative estimate of drug-likeness (QED) is 0.873. The van der Waals surface area contributed by atoms with E-state index in [1.165, 1.54) is 0 Å². The summed E-state index contributed by atoms with van der Waals surface area (Å²) in [5, 5.41) is 14.9. The molecule has 144 valence electrons. The molecule has 1 aliphatic rings. The largest absolute Gasteiger partial charge is 0.508 e. The first-order valence-corrected chi connectivity index (χ1v) is 8.87. The van der Waals surface area contributed by atoms with Crippen LogP contribution in [0.1, 0.15) is 44.5 Å². The van der Waals surface area contributed by atoms with Crippen LogP contribution in [0.15, 0.2) is 30.0 Å². The summed E-state index contributed by atoms with van der Waals surface area (Å²) in [6, 6.07) is 7.31. The fraction of sp³-hybridized carbons (Fsp3) is 0.429. The molecule has 0 saturated carbocycles. The summed E-state index contributed by atoms with van der Waals surface area (Å²) in [5.74, 6) is -0.351. The number of alkyl halides is 1. The van der Waals surface area contributed by atoms with Crippen LogP contribution in [0.5, 0.6) is 0 Å². The van der Waals surface area contributed by atoms with Crippen LogP contribution in [-0.2, 0) is 23.3 Å². The summed E-state index contributed by atoms with van der Waals surface area (Å²) < 4.78 is 20.4. The third-order valence-corrected chi connectivity index (χ3v) is 4.96. The number of aliphatic hydroxyl groups is 1. The summed E-state index contributed by atoms with van der Waals surface area (Å²) in [4.78, 5) is 13.1. The van der Waals surface area contributed by atoms with Crippen LogP contribution in [0, 0.1) is 6.92 Å². The number of hydrogen-bond acceptors (Lipinski definition) is 4. The molecule has 0 atom stereocenters. The van der Waals surface area contributed by atoms with Crippen molar-refractivity contribution in [1.29, 1.82) is 0 Å². The minimum atomic E-state index is -1.05. The minimum absolute atomic E-state index is 0.0819. The lowest BCUT2D eigenvalue weighted by Crippen LogP contribution is -2.49. The van der Waals surface area contributed by atoms with Crippen LogP contribution in [0.2, 0.25) is 0 Å². The Morgan fingerprint density at radius 2 is 1.85 bits per heavy atom. The van der Waals surface area contributed by atoms with Crippen molar-refractivity contribution >= 4 is 11.4 Å². The summed E-state index contributed by atoms with van der Waals surface area (Å²) in [5.41, 5.74) is 1.61. The number of aryl methyl sites for hydroxylation is 2. The van der Waals surface area contributed by atoms with Gasteiger partial charge in [-0.15, -0.1) is 0 Å². The smallest absolute Gasteiger partial charge is 0.198 e. The van der Waals surface area contributed by atoms with Gasteiger partial charge in [0.2, 0.25) is 0 Å². The summed E-state index contributed by atoms with van der Waals surface area (Å²) in [6.07, 6.45) is 0. The number of halogens is 1. The second kappa shape index (κ2) is 6.30. The average molecular weight is 372 g/mol. The fourth-order valence-corrected chi connectivity index (χ4v) is 3.60. The number of nitrogens with zero attached hydrogens (tertiary/aromatic N) is 2. The number of ether oxygens (including phenoxy) is 1. The van der Waals surface area contributed by atoms with Crippen molar-refractivity contribution in [2.45, 2.75) is 52.5 Å². The highest BCUT2D eigenvalue weighted by Crippen LogP contribution is 2.41. The number of ketones is 1. The zero-order chi connectivity index (χ0) is 20.1. The van der Waals surface area contributed by atoms with Crippen LogP contribution in [0.4, 0.5) is 4.39 Å². The highest BCUT2D eigenvalue weighted by molar-refractivity contribution is 6.26. The van der Waals surface area contributed by atoms with E-state index in [0.717, 1.165) is 16.8 Å². The Morgan fingerprint density at radius 3 is 2.44 bits per heavy atom. The first-order valence-electron chi connectivity index (χ1n) is 8.87. The number of hydrogen-bond donors (Lipinski definition) is 1. The molecular weight excluding hydrogens is 347 g/mol.